The summed E-state index contributed by atoms with van der Waals surface area (Å²) in [7, 11) is 2.43. The second kappa shape index (κ2) is 5.37. The molecule has 0 bridgehead atoms. The zero-order chi connectivity index (χ0) is 11.4. The van der Waals surface area contributed by atoms with E-state index in [-0.39, 0.29) is 4.90 Å². The lowest BCUT2D eigenvalue weighted by atomic mass is 10.3. The average Bonchev–Trinajstić information content (AvgIpc) is 2.30. The molecule has 0 saturated carbocycles. The summed E-state index contributed by atoms with van der Waals surface area (Å²) in [6.07, 6.45) is 0. The first-order valence-electron chi connectivity index (χ1n) is 4.61. The van der Waals surface area contributed by atoms with Gasteiger partial charge >= 0.3 is 0 Å². The quantitative estimate of drug-likeness (QED) is 0.724. The molecule has 0 amide bonds. The molecule has 0 fully saturated rings. The summed E-state index contributed by atoms with van der Waals surface area (Å²) in [6.45, 7) is 0. The second-order valence-corrected chi connectivity index (χ2v) is 5.24. The highest BCUT2D eigenvalue weighted by Crippen LogP contribution is 2.39. The van der Waals surface area contributed by atoms with E-state index in [1.54, 1.807) is 0 Å². The summed E-state index contributed by atoms with van der Waals surface area (Å²) in [5.41, 5.74) is 0. The molecule has 0 atom stereocenters. The van der Waals surface area contributed by atoms with Gasteiger partial charge in [0.1, 0.15) is 11.6 Å². The fraction of sp³-hybridized carbons (Fsp3) is 0. The van der Waals surface area contributed by atoms with Crippen molar-refractivity contribution in [1.29, 1.82) is 0 Å². The maximum Gasteiger partial charge on any atom is 0.140 e. The number of rotatable bonds is 3. The Balaban J connectivity index is 2.11. The highest BCUT2D eigenvalue weighted by atomic mass is 33.1. The van der Waals surface area contributed by atoms with Crippen molar-refractivity contribution in [2.45, 2.75) is 9.79 Å². The average molecular weight is 254 g/mol. The Kier molecular flexibility index (Phi) is 3.85. The molecule has 0 radical (unpaired) electrons. The van der Waals surface area contributed by atoms with Crippen molar-refractivity contribution in [3.8, 4) is 0 Å². The van der Waals surface area contributed by atoms with Crippen LogP contribution in [-0.4, -0.2) is 0 Å². The first kappa shape index (κ1) is 11.5. The summed E-state index contributed by atoms with van der Waals surface area (Å²) < 4.78 is 26.6. The molecule has 0 aliphatic carbocycles. The maximum absolute atomic E-state index is 13.3. The van der Waals surface area contributed by atoms with Crippen molar-refractivity contribution in [2.75, 3.05) is 0 Å². The Bertz CT molecular complexity index is 451. The molecule has 2 rings (SSSR count). The minimum Gasteiger partial charge on any atom is -0.206 e. The standard InChI is InChI=1S/C12H8F2S2/c13-10-7-4-8-11(14)12(10)16-15-9-5-2-1-3-6-9/h1-8H. The van der Waals surface area contributed by atoms with Gasteiger partial charge in [0.25, 0.3) is 0 Å². The number of hydrogen-bond acceptors (Lipinski definition) is 2. The molecule has 0 unspecified atom stereocenters. The van der Waals surface area contributed by atoms with Crippen molar-refractivity contribution >= 4 is 21.6 Å². The predicted molar refractivity (Wildman–Crippen MR) is 64.5 cm³/mol. The molecular weight excluding hydrogens is 246 g/mol. The van der Waals surface area contributed by atoms with E-state index in [0.717, 1.165) is 15.7 Å². The summed E-state index contributed by atoms with van der Waals surface area (Å²) >= 11 is 0. The van der Waals surface area contributed by atoms with Crippen LogP contribution in [0.25, 0.3) is 0 Å². The van der Waals surface area contributed by atoms with Crippen LogP contribution in [0.2, 0.25) is 0 Å². The topological polar surface area (TPSA) is 0 Å². The van der Waals surface area contributed by atoms with Gasteiger partial charge in [-0.05, 0) is 35.1 Å². The number of benzene rings is 2. The van der Waals surface area contributed by atoms with Crippen LogP contribution in [0.1, 0.15) is 0 Å². The van der Waals surface area contributed by atoms with Crippen LogP contribution < -0.4 is 0 Å². The molecule has 82 valence electrons. The highest BCUT2D eigenvalue weighted by Gasteiger charge is 2.09. The fourth-order valence-corrected chi connectivity index (χ4v) is 3.22. The molecular formula is C12H8F2S2. The SMILES string of the molecule is Fc1cccc(F)c1SSc1ccccc1. The Morgan fingerprint density at radius 1 is 0.688 bits per heavy atom. The van der Waals surface area contributed by atoms with Crippen LogP contribution in [0.15, 0.2) is 58.3 Å². The van der Waals surface area contributed by atoms with Crippen LogP contribution in [0.3, 0.4) is 0 Å². The van der Waals surface area contributed by atoms with E-state index < -0.39 is 11.6 Å². The Morgan fingerprint density at radius 3 is 1.94 bits per heavy atom. The molecule has 2 aromatic carbocycles. The van der Waals surface area contributed by atoms with Gasteiger partial charge in [-0.2, -0.15) is 0 Å². The molecule has 0 nitrogen and oxygen atoms in total. The molecule has 0 aliphatic heterocycles. The predicted octanol–water partition coefficient (Wildman–Crippen LogP) is 4.76. The fourth-order valence-electron chi connectivity index (χ4n) is 1.13. The van der Waals surface area contributed by atoms with Crippen molar-refractivity contribution in [3.05, 3.63) is 60.2 Å². The van der Waals surface area contributed by atoms with Crippen molar-refractivity contribution in [3.63, 3.8) is 0 Å². The molecule has 0 saturated heterocycles. The van der Waals surface area contributed by atoms with E-state index in [4.69, 9.17) is 0 Å². The summed E-state index contributed by atoms with van der Waals surface area (Å²) in [5.74, 6) is -1.04. The first-order valence-corrected chi connectivity index (χ1v) is 6.76. The van der Waals surface area contributed by atoms with Gasteiger partial charge < -0.3 is 0 Å². The van der Waals surface area contributed by atoms with E-state index in [9.17, 15) is 8.78 Å². The molecule has 16 heavy (non-hydrogen) atoms. The smallest absolute Gasteiger partial charge is 0.140 e. The lowest BCUT2D eigenvalue weighted by Crippen LogP contribution is -1.84. The highest BCUT2D eigenvalue weighted by molar-refractivity contribution is 8.76. The van der Waals surface area contributed by atoms with Crippen molar-refractivity contribution in [1.82, 2.24) is 0 Å². The summed E-state index contributed by atoms with van der Waals surface area (Å²) in [6, 6.07) is 13.4. The third-order valence-corrected chi connectivity index (χ3v) is 4.32. The van der Waals surface area contributed by atoms with Gasteiger partial charge in [0, 0.05) is 4.90 Å². The lowest BCUT2D eigenvalue weighted by Gasteiger charge is -2.03. The lowest BCUT2D eigenvalue weighted by molar-refractivity contribution is 0.541. The van der Waals surface area contributed by atoms with Gasteiger partial charge in [-0.1, -0.05) is 35.1 Å². The van der Waals surface area contributed by atoms with Gasteiger partial charge in [0.15, 0.2) is 0 Å². The zero-order valence-electron chi connectivity index (χ0n) is 8.19. The summed E-state index contributed by atoms with van der Waals surface area (Å²) in [4.78, 5) is 1.02. The molecule has 0 aliphatic rings. The Labute approximate surface area is 100 Å². The minimum absolute atomic E-state index is 0.0522. The molecule has 0 aromatic heterocycles. The van der Waals surface area contributed by atoms with E-state index in [1.807, 2.05) is 30.3 Å². The van der Waals surface area contributed by atoms with Crippen LogP contribution in [-0.2, 0) is 0 Å². The third kappa shape index (κ3) is 2.77. The van der Waals surface area contributed by atoms with Crippen LogP contribution in [0.4, 0.5) is 8.78 Å². The van der Waals surface area contributed by atoms with Crippen LogP contribution >= 0.6 is 21.6 Å². The summed E-state index contributed by atoms with van der Waals surface area (Å²) in [5, 5.41) is 0. The molecule has 0 spiro atoms. The Morgan fingerprint density at radius 2 is 1.31 bits per heavy atom. The molecule has 2 aromatic rings. The largest absolute Gasteiger partial charge is 0.206 e. The van der Waals surface area contributed by atoms with Crippen molar-refractivity contribution < 1.29 is 8.78 Å². The van der Waals surface area contributed by atoms with E-state index in [1.165, 1.54) is 29.0 Å². The van der Waals surface area contributed by atoms with Gasteiger partial charge in [-0.15, -0.1) is 0 Å². The van der Waals surface area contributed by atoms with E-state index >= 15 is 0 Å². The van der Waals surface area contributed by atoms with Gasteiger partial charge in [-0.3, -0.25) is 0 Å². The van der Waals surface area contributed by atoms with Crippen LogP contribution in [0.5, 0.6) is 0 Å². The first-order chi connectivity index (χ1) is 7.77. The maximum atomic E-state index is 13.3. The minimum atomic E-state index is -0.520. The van der Waals surface area contributed by atoms with Gasteiger partial charge in [0.05, 0.1) is 4.90 Å². The Hall–Kier alpha value is -1.00. The second-order valence-electron chi connectivity index (χ2n) is 3.03. The van der Waals surface area contributed by atoms with Gasteiger partial charge in [-0.25, -0.2) is 8.78 Å². The number of halogens is 2. The monoisotopic (exact) mass is 254 g/mol. The number of hydrogen-bond donors (Lipinski definition) is 0. The van der Waals surface area contributed by atoms with Gasteiger partial charge in [0.2, 0.25) is 0 Å². The van der Waals surface area contributed by atoms with Crippen molar-refractivity contribution in [2.24, 2.45) is 0 Å². The van der Waals surface area contributed by atoms with Crippen LogP contribution in [0, 0.1) is 11.6 Å². The van der Waals surface area contributed by atoms with E-state index in [2.05, 4.69) is 0 Å². The molecule has 0 N–H and O–H groups in total. The molecule has 0 heterocycles. The zero-order valence-corrected chi connectivity index (χ0v) is 9.82. The van der Waals surface area contributed by atoms with E-state index in [0.29, 0.717) is 0 Å². The normalized spacial score (nSPS) is 10.4. The molecule has 4 heteroatoms. The third-order valence-electron chi connectivity index (χ3n) is 1.88.